The molecule has 0 saturated carbocycles. The zero-order valence-electron chi connectivity index (χ0n) is 86.5. The molecular formula is C107H131BClN21O13. The van der Waals surface area contributed by atoms with E-state index in [-0.39, 0.29) is 36.4 Å². The summed E-state index contributed by atoms with van der Waals surface area (Å²) in [6, 6.07) is 35.1. The van der Waals surface area contributed by atoms with Crippen LogP contribution in [0.5, 0.6) is 0 Å². The smallest absolute Gasteiger partial charge is 0.444 e. The lowest BCUT2D eigenvalue weighted by Crippen LogP contribution is -2.50. The summed E-state index contributed by atoms with van der Waals surface area (Å²) in [6.07, 6.45) is 14.8. The van der Waals surface area contributed by atoms with Gasteiger partial charge in [0.2, 0.25) is 0 Å². The largest absolute Gasteiger partial charge is 0.495 e. The summed E-state index contributed by atoms with van der Waals surface area (Å²) in [7, 11) is 5.59. The monoisotopic (exact) mass is 1960 g/mol. The third-order valence-electron chi connectivity index (χ3n) is 26.7. The molecule has 9 aromatic heterocycles. The molecule has 3 aromatic carbocycles. The van der Waals surface area contributed by atoms with Gasteiger partial charge in [-0.3, -0.25) is 14.4 Å². The molecule has 34 nitrogen and oxygen atoms in total. The standard InChI is InChI=1S/C37H45N7O5.C29H38ClN5O5.C27H29N7O.C14H19BN2O2/c1-35(2,3)48-33(46)43-20-18-42(19-21-43)23-10-13-28(39-22-23)40-27-12-11-25(24-14-16-38-31-26(24)15-17-41(31)9)30-29(27)32(45)44(37(30,7)8)34(47)49-36(4,5)6;1-27(2,3)39-25(37)34-15-13-33(14-16-34)18-9-12-21(31-17-18)32-20-11-10-19(30)23-22(20)24(36)35(29(23,7)8)26(38)40-28(4,5)6;1-27(2)24-19(18-8-10-29-25-20(18)9-13-33(25)3)5-6-21(23(24)26(35)32-27)31-22-7-4-17(16-30-22)34-14-11-28-12-15-34;1-13(2)14(3,4)19-15(18-13)11-6-8-16-12-10(11)7-9-17(12)5/h10-17,22H,18-21H2,1-9H3,(H,39,40);9-12,17H,13-16H2,1-8H3,(H,31,32);4-10,13,16,28H,11-12,14-15H2,1-3H3,(H,30,31)(H,32,35);6-9H,1-5H3. The predicted octanol–water partition coefficient (Wildman–Crippen LogP) is 18.9. The van der Waals surface area contributed by atoms with Crippen LogP contribution in [0.2, 0.25) is 5.02 Å². The quantitative estimate of drug-likeness (QED) is 0.0560. The van der Waals surface area contributed by atoms with Crippen molar-refractivity contribution >= 4 is 151 Å². The van der Waals surface area contributed by atoms with Gasteiger partial charge in [-0.25, -0.2) is 58.9 Å². The molecule has 4 saturated heterocycles. The number of imide groups is 2. The summed E-state index contributed by atoms with van der Waals surface area (Å²) in [4.78, 5) is 132. The van der Waals surface area contributed by atoms with Crippen molar-refractivity contribution in [3.8, 4) is 22.3 Å². The minimum Gasteiger partial charge on any atom is -0.444 e. The third-order valence-corrected chi connectivity index (χ3v) is 27.0. The Bertz CT molecular complexity index is 6870. The van der Waals surface area contributed by atoms with Crippen LogP contribution in [0.15, 0.2) is 165 Å². The predicted molar refractivity (Wildman–Crippen MR) is 559 cm³/mol. The van der Waals surface area contributed by atoms with E-state index in [1.165, 1.54) is 4.90 Å². The summed E-state index contributed by atoms with van der Waals surface area (Å²) in [5, 5.41) is 20.0. The van der Waals surface area contributed by atoms with Gasteiger partial charge in [0.15, 0.2) is 0 Å². The molecule has 7 aliphatic rings. The number of halogens is 1. The van der Waals surface area contributed by atoms with E-state index in [2.05, 4.69) is 123 Å². The van der Waals surface area contributed by atoms with Crippen molar-refractivity contribution < 1.29 is 61.8 Å². The number of piperazine rings is 3. The molecule has 7 amide bonds. The second-order valence-corrected chi connectivity index (χ2v) is 43.9. The number of aryl methyl sites for hydroxylation is 3. The first-order valence-corrected chi connectivity index (χ1v) is 48.9. The van der Waals surface area contributed by atoms with E-state index in [1.54, 1.807) is 95.9 Å². The van der Waals surface area contributed by atoms with E-state index >= 15 is 0 Å². The van der Waals surface area contributed by atoms with Crippen LogP contribution in [0, 0.1) is 0 Å². The number of rotatable bonds is 12. The van der Waals surface area contributed by atoms with Crippen molar-refractivity contribution in [2.24, 2.45) is 21.1 Å². The van der Waals surface area contributed by atoms with Crippen molar-refractivity contribution in [3.05, 3.63) is 203 Å². The molecule has 143 heavy (non-hydrogen) atoms. The topological polar surface area (TPSA) is 350 Å². The number of benzene rings is 3. The Hall–Kier alpha value is -13.9. The fourth-order valence-corrected chi connectivity index (χ4v) is 19.5. The van der Waals surface area contributed by atoms with Gasteiger partial charge >= 0.3 is 31.5 Å². The maximum atomic E-state index is 14.3. The Balaban J connectivity index is 0.000000142. The summed E-state index contributed by atoms with van der Waals surface area (Å²) < 4.78 is 40.5. The number of fused-ring (bicyclic) bond motifs is 6. The molecule has 0 bridgehead atoms. The fourth-order valence-electron chi connectivity index (χ4n) is 19.1. The molecule has 12 aromatic rings. The van der Waals surface area contributed by atoms with E-state index in [9.17, 15) is 33.6 Å². The highest BCUT2D eigenvalue weighted by Gasteiger charge is 2.55. The van der Waals surface area contributed by atoms with Gasteiger partial charge in [-0.05, 0) is 283 Å². The maximum Gasteiger partial charge on any atom is 0.495 e. The number of ether oxygens (including phenoxy) is 4. The Morgan fingerprint density at radius 3 is 1.14 bits per heavy atom. The molecule has 19 rings (SSSR count). The minimum absolute atomic E-state index is 0.0786. The lowest BCUT2D eigenvalue weighted by molar-refractivity contribution is 0.00578. The van der Waals surface area contributed by atoms with E-state index in [0.717, 1.165) is 120 Å². The van der Waals surface area contributed by atoms with Crippen molar-refractivity contribution in [2.75, 3.05) is 109 Å². The second kappa shape index (κ2) is 38.8. The lowest BCUT2D eigenvalue weighted by Gasteiger charge is -2.36. The van der Waals surface area contributed by atoms with Gasteiger partial charge in [0.25, 0.3) is 17.7 Å². The number of nitrogens with one attached hydrogen (secondary N) is 5. The highest BCUT2D eigenvalue weighted by molar-refractivity contribution is 6.65. The van der Waals surface area contributed by atoms with Crippen LogP contribution in [0.25, 0.3) is 55.4 Å². The number of carbonyl (C=O) groups excluding carboxylic acids is 7. The van der Waals surface area contributed by atoms with Gasteiger partial charge in [-0.15, -0.1) is 0 Å². The van der Waals surface area contributed by atoms with Gasteiger partial charge < -0.3 is 93.0 Å². The number of carbonyl (C=O) groups is 7. The number of nitrogens with zero attached hydrogens (tertiary/aromatic N) is 16. The number of anilines is 9. The fraction of sp³-hybridized carbons (Fsp3) is 0.430. The van der Waals surface area contributed by atoms with Crippen LogP contribution in [0.4, 0.5) is 70.8 Å². The third kappa shape index (κ3) is 21.2. The van der Waals surface area contributed by atoms with Crippen LogP contribution in [0.1, 0.15) is 200 Å². The normalized spacial score (nSPS) is 17.3. The summed E-state index contributed by atoms with van der Waals surface area (Å²) >= 11 is 6.55. The van der Waals surface area contributed by atoms with E-state index < -0.39 is 63.0 Å². The Kier molecular flexibility index (Phi) is 27.6. The summed E-state index contributed by atoms with van der Waals surface area (Å²) in [5.41, 5.74) is 10.1. The molecule has 5 N–H and O–H groups in total. The average molecular weight is 1970 g/mol. The summed E-state index contributed by atoms with van der Waals surface area (Å²) in [6.45, 7) is 50.1. The van der Waals surface area contributed by atoms with Crippen LogP contribution in [-0.4, -0.2) is 225 Å². The molecular weight excluding hydrogens is 1830 g/mol. The average Bonchev–Trinajstić information content (AvgIpc) is 1.56. The molecule has 36 heteroatoms. The molecule has 0 aliphatic carbocycles. The molecule has 4 fully saturated rings. The van der Waals surface area contributed by atoms with Crippen molar-refractivity contribution in [1.82, 2.24) is 73.8 Å². The zero-order chi connectivity index (χ0) is 103. The van der Waals surface area contributed by atoms with Crippen LogP contribution in [-0.2, 0) is 66.0 Å². The van der Waals surface area contributed by atoms with Crippen molar-refractivity contribution in [1.29, 1.82) is 0 Å². The van der Waals surface area contributed by atoms with Crippen molar-refractivity contribution in [2.45, 2.75) is 203 Å². The first kappa shape index (κ1) is 102. The van der Waals surface area contributed by atoms with E-state index in [0.29, 0.717) is 114 Å². The first-order chi connectivity index (χ1) is 67.2. The Morgan fingerprint density at radius 2 is 0.741 bits per heavy atom. The van der Waals surface area contributed by atoms with E-state index in [1.807, 2.05) is 214 Å². The number of hydrogen-bond acceptors (Lipinski definition) is 26. The first-order valence-electron chi connectivity index (χ1n) is 48.5. The van der Waals surface area contributed by atoms with Crippen LogP contribution in [0.3, 0.4) is 0 Å². The Morgan fingerprint density at radius 1 is 0.392 bits per heavy atom. The minimum atomic E-state index is -1.04. The van der Waals surface area contributed by atoms with Crippen LogP contribution < -0.4 is 46.7 Å². The molecule has 7 aliphatic heterocycles. The van der Waals surface area contributed by atoms with Crippen LogP contribution >= 0.6 is 11.6 Å². The van der Waals surface area contributed by atoms with Crippen molar-refractivity contribution in [3.63, 3.8) is 0 Å². The molecule has 0 spiro atoms. The highest BCUT2D eigenvalue weighted by atomic mass is 35.5. The zero-order valence-corrected chi connectivity index (χ0v) is 87.2. The van der Waals surface area contributed by atoms with E-state index in [4.69, 9.17) is 39.9 Å². The molecule has 0 unspecified atom stereocenters. The second-order valence-electron chi connectivity index (χ2n) is 43.5. The van der Waals surface area contributed by atoms with Gasteiger partial charge in [0, 0.05) is 169 Å². The summed E-state index contributed by atoms with van der Waals surface area (Å²) in [5.74, 6) is 0.773. The molecule has 16 heterocycles. The maximum absolute atomic E-state index is 14.3. The number of aromatic nitrogens is 9. The Labute approximate surface area is 840 Å². The molecule has 0 radical (unpaired) electrons. The number of hydrogen-bond donors (Lipinski definition) is 5. The highest BCUT2D eigenvalue weighted by Crippen LogP contribution is 2.52. The van der Waals surface area contributed by atoms with Gasteiger partial charge in [0.05, 0.1) is 97.2 Å². The number of pyridine rings is 6. The van der Waals surface area contributed by atoms with Gasteiger partial charge in [0.1, 0.15) is 56.8 Å². The van der Waals surface area contributed by atoms with Gasteiger partial charge in [-0.1, -0.05) is 23.7 Å². The lowest BCUT2D eigenvalue weighted by atomic mass is 9.78. The SMILES string of the molecule is CC(C)(C)OC(=O)N1CCN(c2ccc(Nc3ccc(Cl)c4c3C(=O)N(C(=O)OC(C)(C)C)C4(C)C)nc2)CC1.Cn1ccc2c(-c3ccc(Nc4ccc(N5CCN(C(=O)OC(C)(C)C)CC5)cn4)c4c3C(C)(C)N(C(=O)OC(C)(C)C)C4=O)ccnc21.Cn1ccc2c(-c3ccc(Nc4ccc(N5CCNCC5)cn4)c4c3C(C)(C)NC4=O)ccnc21.Cn1ccc2c(B3OC(C)(C)C(C)(C)O3)ccnc21. The number of amides is 7. The molecule has 752 valence electrons. The van der Waals surface area contributed by atoms with Gasteiger partial charge in [-0.2, -0.15) is 0 Å². The molecule has 0 atom stereocenters.